The molecular weight excluding hydrogens is 906 g/mol. The molecule has 6 heterocycles. The Morgan fingerprint density at radius 3 is 2.43 bits per heavy atom. The molecule has 0 radical (unpaired) electrons. The molecular formula is C50H59ClF2N12O4. The second kappa shape index (κ2) is 19.3. The van der Waals surface area contributed by atoms with Gasteiger partial charge in [0.25, 0.3) is 12.3 Å². The Hall–Kier alpha value is -6.16. The van der Waals surface area contributed by atoms with Gasteiger partial charge in [0.1, 0.15) is 24.5 Å². The van der Waals surface area contributed by atoms with Crippen molar-refractivity contribution in [2.75, 3.05) is 51.3 Å². The zero-order chi connectivity index (χ0) is 48.8. The van der Waals surface area contributed by atoms with Crippen LogP contribution in [-0.4, -0.2) is 110 Å². The van der Waals surface area contributed by atoms with Crippen LogP contribution in [0.1, 0.15) is 104 Å². The highest BCUT2D eigenvalue weighted by Gasteiger charge is 2.64. The number of aryl methyl sites for hydroxylation is 2. The summed E-state index contributed by atoms with van der Waals surface area (Å²) in [6.45, 7) is 12.9. The first kappa shape index (κ1) is 47.9. The number of piperidine rings is 1. The first-order valence-corrected chi connectivity index (χ1v) is 24.0. The van der Waals surface area contributed by atoms with Crippen LogP contribution in [0.5, 0.6) is 5.75 Å². The highest BCUT2D eigenvalue weighted by Crippen LogP contribution is 2.56. The standard InChI is InChI=1S/C50H59ClF2N12O4/c1-49(2)46(50(3,4)47(49)69-35-10-9-31(23-54)39(51)21-35)59-45(66)32-24-56-42(57-25-32)29-68-19-18-62-15-11-34(12-16-62)65-40-13-17-63(48(67)55-5)28-38(40)44(60-65)64-14-7-8-30-20-36(33-26-58-61(6)27-33)37(43(52)53)22-41(30)64/h9-10,20-22,24-27,34,43,46-47H,7-8,11-19,28-29H2,1-6H3,(H,55,67)(H,59,66). The number of urea groups is 1. The Bertz CT molecular complexity index is 2750. The molecule has 3 amide bonds. The van der Waals surface area contributed by atoms with Crippen LogP contribution in [0.4, 0.5) is 25.1 Å². The zero-order valence-corrected chi connectivity index (χ0v) is 40.7. The first-order chi connectivity index (χ1) is 33.1. The van der Waals surface area contributed by atoms with Crippen molar-refractivity contribution < 1.29 is 27.8 Å². The summed E-state index contributed by atoms with van der Waals surface area (Å²) in [7, 11) is 3.41. The number of aromatic nitrogens is 6. The molecule has 3 aliphatic heterocycles. The molecule has 3 aromatic heterocycles. The van der Waals surface area contributed by atoms with Crippen LogP contribution in [-0.2, 0) is 37.8 Å². The molecule has 0 bridgehead atoms. The van der Waals surface area contributed by atoms with Crippen molar-refractivity contribution >= 4 is 35.0 Å². The van der Waals surface area contributed by atoms with Gasteiger partial charge in [0, 0.05) is 123 Å². The summed E-state index contributed by atoms with van der Waals surface area (Å²) < 4.78 is 45.7. The van der Waals surface area contributed by atoms with Gasteiger partial charge in [-0.25, -0.2) is 23.5 Å². The van der Waals surface area contributed by atoms with Crippen LogP contribution in [0.25, 0.3) is 11.1 Å². The fourth-order valence-corrected chi connectivity index (χ4v) is 11.5. The normalized spacial score (nSPS) is 19.9. The number of amides is 3. The lowest BCUT2D eigenvalue weighted by Gasteiger charge is -2.63. The van der Waals surface area contributed by atoms with Crippen molar-refractivity contribution in [1.29, 1.82) is 5.26 Å². The number of ether oxygens (including phenoxy) is 2. The monoisotopic (exact) mass is 964 g/mol. The highest BCUT2D eigenvalue weighted by atomic mass is 35.5. The van der Waals surface area contributed by atoms with Gasteiger partial charge in [-0.15, -0.1) is 0 Å². The minimum atomic E-state index is -2.68. The van der Waals surface area contributed by atoms with Crippen molar-refractivity contribution in [2.45, 2.75) is 97.6 Å². The smallest absolute Gasteiger partial charge is 0.317 e. The van der Waals surface area contributed by atoms with Crippen LogP contribution < -0.4 is 20.3 Å². The number of fused-ring (bicyclic) bond motifs is 2. The van der Waals surface area contributed by atoms with E-state index in [1.807, 2.05) is 6.07 Å². The SMILES string of the molecule is CNC(=O)N1CCc2c(c(N3CCCc4cc(-c5cnn(C)c5)c(C(F)F)cc43)nn2C2CCN(CCOCc3ncc(C(=O)NC4C(C)(C)C(Oc5ccc(C#N)c(Cl)c5)C4(C)C)cn3)CC2)C1. The van der Waals surface area contributed by atoms with E-state index in [0.29, 0.717) is 71.5 Å². The number of nitriles is 1. The lowest BCUT2D eigenvalue weighted by atomic mass is 9.49. The molecule has 0 unspecified atom stereocenters. The van der Waals surface area contributed by atoms with E-state index in [1.54, 1.807) is 60.3 Å². The van der Waals surface area contributed by atoms with Crippen LogP contribution in [0.3, 0.4) is 0 Å². The molecule has 4 aliphatic rings. The van der Waals surface area contributed by atoms with E-state index in [2.05, 4.69) is 73.9 Å². The maximum Gasteiger partial charge on any atom is 0.317 e. The van der Waals surface area contributed by atoms with Gasteiger partial charge in [-0.2, -0.15) is 15.5 Å². The number of hydrogen-bond acceptors (Lipinski definition) is 11. The topological polar surface area (TPSA) is 172 Å². The summed E-state index contributed by atoms with van der Waals surface area (Å²) in [5, 5.41) is 25.1. The van der Waals surface area contributed by atoms with E-state index >= 15 is 0 Å². The predicted octanol–water partition coefficient (Wildman–Crippen LogP) is 7.78. The number of halogens is 3. The van der Waals surface area contributed by atoms with Crippen molar-refractivity contribution in [1.82, 2.24) is 50.0 Å². The van der Waals surface area contributed by atoms with Crippen LogP contribution in [0.15, 0.2) is 55.1 Å². The van der Waals surface area contributed by atoms with Gasteiger partial charge < -0.3 is 34.8 Å². The Kier molecular flexibility index (Phi) is 13.4. The fourth-order valence-electron chi connectivity index (χ4n) is 11.2. The van der Waals surface area contributed by atoms with E-state index in [1.165, 1.54) is 12.4 Å². The van der Waals surface area contributed by atoms with Crippen molar-refractivity contribution in [3.63, 3.8) is 0 Å². The van der Waals surface area contributed by atoms with Crippen molar-refractivity contribution in [3.05, 3.63) is 99.5 Å². The molecule has 1 aliphatic carbocycles. The molecule has 1 saturated carbocycles. The summed E-state index contributed by atoms with van der Waals surface area (Å²) in [5.74, 6) is 1.51. The number of nitrogens with one attached hydrogen (secondary N) is 2. The van der Waals surface area contributed by atoms with Gasteiger partial charge in [0.2, 0.25) is 0 Å². The molecule has 1 saturated heterocycles. The third kappa shape index (κ3) is 9.36. The minimum Gasteiger partial charge on any atom is -0.489 e. The molecule has 0 spiro atoms. The molecule has 0 atom stereocenters. The number of likely N-dealkylation sites (tertiary alicyclic amines) is 1. The molecule has 5 aromatic rings. The second-order valence-electron chi connectivity index (χ2n) is 19.8. The number of nitrogens with zero attached hydrogens (tertiary/aromatic N) is 10. The summed E-state index contributed by atoms with van der Waals surface area (Å²) in [6.07, 6.45) is 7.50. The lowest BCUT2D eigenvalue weighted by molar-refractivity contribution is -0.164. The quantitative estimate of drug-likeness (QED) is 0.110. The largest absolute Gasteiger partial charge is 0.489 e. The minimum absolute atomic E-state index is 0.0376. The molecule has 19 heteroatoms. The number of rotatable bonds is 13. The van der Waals surface area contributed by atoms with Crippen LogP contribution in [0.2, 0.25) is 5.02 Å². The molecule has 2 fully saturated rings. The van der Waals surface area contributed by atoms with Gasteiger partial charge in [-0.3, -0.25) is 14.2 Å². The van der Waals surface area contributed by atoms with E-state index in [4.69, 9.17) is 26.2 Å². The Morgan fingerprint density at radius 2 is 1.77 bits per heavy atom. The summed E-state index contributed by atoms with van der Waals surface area (Å²) in [5.41, 5.74) is 4.81. The second-order valence-corrected chi connectivity index (χ2v) is 20.2. The third-order valence-corrected chi connectivity index (χ3v) is 14.8. The van der Waals surface area contributed by atoms with Gasteiger partial charge in [0.15, 0.2) is 11.6 Å². The van der Waals surface area contributed by atoms with Crippen molar-refractivity contribution in [2.24, 2.45) is 17.9 Å². The molecule has 69 heavy (non-hydrogen) atoms. The Labute approximate surface area is 405 Å². The highest BCUT2D eigenvalue weighted by molar-refractivity contribution is 6.31. The summed E-state index contributed by atoms with van der Waals surface area (Å²) in [4.78, 5) is 41.5. The molecule has 9 rings (SSSR count). The Morgan fingerprint density at radius 1 is 1.01 bits per heavy atom. The van der Waals surface area contributed by atoms with Crippen LogP contribution >= 0.6 is 11.6 Å². The lowest BCUT2D eigenvalue weighted by Crippen LogP contribution is -2.74. The zero-order valence-electron chi connectivity index (χ0n) is 39.9. The van der Waals surface area contributed by atoms with E-state index in [-0.39, 0.29) is 42.3 Å². The number of hydrogen-bond donors (Lipinski definition) is 2. The van der Waals surface area contributed by atoms with Gasteiger partial charge in [-0.1, -0.05) is 39.3 Å². The first-order valence-electron chi connectivity index (χ1n) is 23.6. The molecule has 16 nitrogen and oxygen atoms in total. The number of anilines is 2. The van der Waals surface area contributed by atoms with Crippen LogP contribution in [0, 0.1) is 22.2 Å². The number of benzene rings is 2. The fraction of sp³-hybridized carbons (Fsp3) is 0.500. The predicted molar refractivity (Wildman–Crippen MR) is 256 cm³/mol. The average Bonchev–Trinajstić information content (AvgIpc) is 3.96. The van der Waals surface area contributed by atoms with Gasteiger partial charge in [0.05, 0.1) is 41.5 Å². The van der Waals surface area contributed by atoms with Crippen molar-refractivity contribution in [3.8, 4) is 22.9 Å². The average molecular weight is 966 g/mol. The summed E-state index contributed by atoms with van der Waals surface area (Å²) in [6, 6.07) is 10.4. The number of carbonyl (C=O) groups is 2. The molecule has 2 aromatic carbocycles. The molecule has 2 N–H and O–H groups in total. The van der Waals surface area contributed by atoms with E-state index in [0.717, 1.165) is 73.6 Å². The number of alkyl halides is 2. The molecule has 364 valence electrons. The maximum atomic E-state index is 14.8. The Balaban J connectivity index is 0.797. The van der Waals surface area contributed by atoms with E-state index < -0.39 is 17.3 Å². The summed E-state index contributed by atoms with van der Waals surface area (Å²) >= 11 is 6.25. The van der Waals surface area contributed by atoms with Gasteiger partial charge >= 0.3 is 6.03 Å². The maximum absolute atomic E-state index is 14.8. The van der Waals surface area contributed by atoms with Gasteiger partial charge in [-0.05, 0) is 61.1 Å². The van der Waals surface area contributed by atoms with E-state index in [9.17, 15) is 23.6 Å². The number of carbonyl (C=O) groups excluding carboxylic acids is 2. The third-order valence-electron chi connectivity index (χ3n) is 14.5.